The van der Waals surface area contributed by atoms with E-state index in [1.54, 1.807) is 0 Å². The van der Waals surface area contributed by atoms with Crippen LogP contribution in [0.5, 0.6) is 5.75 Å². The number of ether oxygens (including phenoxy) is 1. The molecule has 1 amide bonds. The summed E-state index contributed by atoms with van der Waals surface area (Å²) in [6.45, 7) is 8.59. The van der Waals surface area contributed by atoms with Gasteiger partial charge >= 0.3 is 0 Å². The first-order valence-corrected chi connectivity index (χ1v) is 10.0. The van der Waals surface area contributed by atoms with Crippen LogP contribution < -0.4 is 9.64 Å². The van der Waals surface area contributed by atoms with Crippen LogP contribution in [-0.2, 0) is 11.3 Å². The zero-order chi connectivity index (χ0) is 19.7. The second kappa shape index (κ2) is 7.66. The van der Waals surface area contributed by atoms with E-state index in [1.807, 2.05) is 42.2 Å². The number of para-hydroxylation sites is 2. The van der Waals surface area contributed by atoms with Crippen LogP contribution in [0, 0.1) is 5.92 Å². The van der Waals surface area contributed by atoms with Crippen molar-refractivity contribution in [1.82, 2.24) is 9.55 Å². The van der Waals surface area contributed by atoms with Crippen molar-refractivity contribution < 1.29 is 9.53 Å². The normalized spacial score (nSPS) is 17.1. The second-order valence-corrected chi connectivity index (χ2v) is 7.80. The topological polar surface area (TPSA) is 47.4 Å². The lowest BCUT2D eigenvalue weighted by molar-refractivity contribution is -0.117. The van der Waals surface area contributed by atoms with Crippen molar-refractivity contribution in [2.24, 2.45) is 5.92 Å². The van der Waals surface area contributed by atoms with Crippen molar-refractivity contribution in [3.8, 4) is 5.75 Å². The van der Waals surface area contributed by atoms with Crippen LogP contribution in [0.4, 0.5) is 5.69 Å². The van der Waals surface area contributed by atoms with Gasteiger partial charge in [-0.25, -0.2) is 4.98 Å². The average molecular weight is 377 g/mol. The molecular formula is C23H27N3O2. The van der Waals surface area contributed by atoms with Crippen molar-refractivity contribution >= 4 is 22.6 Å². The lowest BCUT2D eigenvalue weighted by Gasteiger charge is -2.18. The van der Waals surface area contributed by atoms with E-state index < -0.39 is 0 Å². The van der Waals surface area contributed by atoms with Gasteiger partial charge in [0.15, 0.2) is 0 Å². The predicted octanol–water partition coefficient (Wildman–Crippen LogP) is 4.61. The molecule has 0 unspecified atom stereocenters. The number of imidazole rings is 1. The second-order valence-electron chi connectivity index (χ2n) is 7.80. The van der Waals surface area contributed by atoms with E-state index in [-0.39, 0.29) is 11.8 Å². The molecule has 5 nitrogen and oxygen atoms in total. The minimum absolute atomic E-state index is 0.102. The Balaban J connectivity index is 1.63. The fourth-order valence-corrected chi connectivity index (χ4v) is 3.98. The number of fused-ring (bicyclic) bond motifs is 1. The third-order valence-electron chi connectivity index (χ3n) is 5.18. The molecule has 3 aromatic rings. The van der Waals surface area contributed by atoms with Gasteiger partial charge in [0.25, 0.3) is 0 Å². The molecule has 1 atom stereocenters. The molecule has 0 bridgehead atoms. The van der Waals surface area contributed by atoms with Crippen LogP contribution in [0.1, 0.15) is 38.9 Å². The molecule has 2 heterocycles. The van der Waals surface area contributed by atoms with Crippen molar-refractivity contribution in [1.29, 1.82) is 0 Å². The number of amides is 1. The Kier molecular flexibility index (Phi) is 5.07. The molecule has 1 saturated heterocycles. The van der Waals surface area contributed by atoms with Crippen LogP contribution in [0.15, 0.2) is 48.5 Å². The smallest absolute Gasteiger partial charge is 0.227 e. The van der Waals surface area contributed by atoms with Gasteiger partial charge in [-0.1, -0.05) is 26.0 Å². The SMILES string of the molecule is CCOc1ccc(N2C[C@@H](c3nc4ccccc4n3CC(C)C)CC2=O)cc1. The first kappa shape index (κ1) is 18.5. The summed E-state index contributed by atoms with van der Waals surface area (Å²) in [7, 11) is 0. The van der Waals surface area contributed by atoms with Gasteiger partial charge in [0.05, 0.1) is 17.6 Å². The van der Waals surface area contributed by atoms with E-state index >= 15 is 0 Å². The highest BCUT2D eigenvalue weighted by Crippen LogP contribution is 2.34. The molecule has 2 aromatic carbocycles. The van der Waals surface area contributed by atoms with E-state index in [4.69, 9.17) is 9.72 Å². The number of rotatable bonds is 6. The first-order valence-electron chi connectivity index (χ1n) is 10.0. The van der Waals surface area contributed by atoms with Gasteiger partial charge in [0, 0.05) is 31.1 Å². The molecular weight excluding hydrogens is 350 g/mol. The highest BCUT2D eigenvalue weighted by atomic mass is 16.5. The number of hydrogen-bond acceptors (Lipinski definition) is 3. The number of benzene rings is 2. The summed E-state index contributed by atoms with van der Waals surface area (Å²) in [5.74, 6) is 2.61. The zero-order valence-electron chi connectivity index (χ0n) is 16.8. The molecule has 0 aliphatic carbocycles. The minimum Gasteiger partial charge on any atom is -0.494 e. The number of hydrogen-bond donors (Lipinski definition) is 0. The number of carbonyl (C=O) groups excluding carboxylic acids is 1. The molecule has 1 aromatic heterocycles. The van der Waals surface area contributed by atoms with Crippen molar-refractivity contribution in [2.75, 3.05) is 18.1 Å². The third-order valence-corrected chi connectivity index (χ3v) is 5.18. The Morgan fingerprint density at radius 1 is 1.14 bits per heavy atom. The molecule has 28 heavy (non-hydrogen) atoms. The van der Waals surface area contributed by atoms with Crippen molar-refractivity contribution in [3.05, 3.63) is 54.4 Å². The lowest BCUT2D eigenvalue weighted by atomic mass is 10.1. The molecule has 1 aliphatic rings. The van der Waals surface area contributed by atoms with E-state index in [2.05, 4.69) is 36.6 Å². The summed E-state index contributed by atoms with van der Waals surface area (Å²) in [5, 5.41) is 0. The Hall–Kier alpha value is -2.82. The Morgan fingerprint density at radius 2 is 1.89 bits per heavy atom. The lowest BCUT2D eigenvalue weighted by Crippen LogP contribution is -2.24. The van der Waals surface area contributed by atoms with E-state index in [1.165, 1.54) is 0 Å². The van der Waals surface area contributed by atoms with E-state index in [0.717, 1.165) is 34.8 Å². The summed E-state index contributed by atoms with van der Waals surface area (Å²) >= 11 is 0. The Morgan fingerprint density at radius 3 is 2.61 bits per heavy atom. The third kappa shape index (κ3) is 3.49. The molecule has 1 aliphatic heterocycles. The molecule has 4 rings (SSSR count). The maximum absolute atomic E-state index is 12.8. The minimum atomic E-state index is 0.102. The fraction of sp³-hybridized carbons (Fsp3) is 0.391. The molecule has 146 valence electrons. The quantitative estimate of drug-likeness (QED) is 0.630. The summed E-state index contributed by atoms with van der Waals surface area (Å²) in [5.41, 5.74) is 3.07. The van der Waals surface area contributed by atoms with Crippen molar-refractivity contribution in [3.63, 3.8) is 0 Å². The largest absolute Gasteiger partial charge is 0.494 e. The van der Waals surface area contributed by atoms with Gasteiger partial charge in [-0.05, 0) is 49.2 Å². The molecule has 0 saturated carbocycles. The number of carbonyl (C=O) groups is 1. The molecule has 5 heteroatoms. The summed E-state index contributed by atoms with van der Waals surface area (Å²) in [6.07, 6.45) is 0.495. The molecule has 0 spiro atoms. The van der Waals surface area contributed by atoms with Crippen molar-refractivity contribution in [2.45, 2.75) is 39.7 Å². The van der Waals surface area contributed by atoms with Crippen LogP contribution in [-0.4, -0.2) is 28.6 Å². The summed E-state index contributed by atoms with van der Waals surface area (Å²) < 4.78 is 7.82. The van der Waals surface area contributed by atoms with Gasteiger partial charge in [-0.3, -0.25) is 4.79 Å². The Labute approximate surface area is 165 Å². The standard InChI is InChI=1S/C23H27N3O2/c1-4-28-19-11-9-18(10-12-19)25-15-17(13-22(25)27)23-24-20-7-5-6-8-21(20)26(23)14-16(2)3/h5-12,16-17H,4,13-15H2,1-3H3/t17-/m0/s1. The average Bonchev–Trinajstić information content (AvgIpc) is 3.23. The van der Waals surface area contributed by atoms with Crippen LogP contribution in [0.25, 0.3) is 11.0 Å². The van der Waals surface area contributed by atoms with Crippen LogP contribution in [0.2, 0.25) is 0 Å². The van der Waals surface area contributed by atoms with Gasteiger partial charge in [-0.2, -0.15) is 0 Å². The first-order chi connectivity index (χ1) is 13.6. The summed E-state index contributed by atoms with van der Waals surface area (Å²) in [4.78, 5) is 19.6. The fourth-order valence-electron chi connectivity index (χ4n) is 3.98. The van der Waals surface area contributed by atoms with Crippen LogP contribution >= 0.6 is 0 Å². The maximum Gasteiger partial charge on any atom is 0.227 e. The van der Waals surface area contributed by atoms with Gasteiger partial charge < -0.3 is 14.2 Å². The zero-order valence-corrected chi connectivity index (χ0v) is 16.8. The number of nitrogens with zero attached hydrogens (tertiary/aromatic N) is 3. The predicted molar refractivity (Wildman–Crippen MR) is 112 cm³/mol. The number of anilines is 1. The highest BCUT2D eigenvalue weighted by Gasteiger charge is 2.34. The molecule has 0 radical (unpaired) electrons. The monoisotopic (exact) mass is 377 g/mol. The summed E-state index contributed by atoms with van der Waals surface area (Å²) in [6, 6.07) is 16.0. The van der Waals surface area contributed by atoms with Gasteiger partial charge in [0.2, 0.25) is 5.91 Å². The number of aromatic nitrogens is 2. The van der Waals surface area contributed by atoms with E-state index in [9.17, 15) is 4.79 Å². The van der Waals surface area contributed by atoms with Gasteiger partial charge in [0.1, 0.15) is 11.6 Å². The Bertz CT molecular complexity index is 975. The van der Waals surface area contributed by atoms with Gasteiger partial charge in [-0.15, -0.1) is 0 Å². The molecule has 1 fully saturated rings. The van der Waals surface area contributed by atoms with E-state index in [0.29, 0.717) is 25.5 Å². The highest BCUT2D eigenvalue weighted by molar-refractivity contribution is 5.96. The maximum atomic E-state index is 12.8. The molecule has 0 N–H and O–H groups in total. The van der Waals surface area contributed by atoms with Crippen LogP contribution in [0.3, 0.4) is 0 Å².